The van der Waals surface area contributed by atoms with Crippen molar-refractivity contribution in [3.05, 3.63) is 98.0 Å². The number of ketones is 1. The highest BCUT2D eigenvalue weighted by molar-refractivity contribution is 8.00. The maximum absolute atomic E-state index is 13.5. The summed E-state index contributed by atoms with van der Waals surface area (Å²) >= 11 is 21.0. The number of benzene rings is 3. The highest BCUT2D eigenvalue weighted by Gasteiger charge is 2.48. The lowest BCUT2D eigenvalue weighted by molar-refractivity contribution is -0.132. The quantitative estimate of drug-likeness (QED) is 0.0773. The van der Waals surface area contributed by atoms with E-state index in [1.807, 2.05) is 6.07 Å². The van der Waals surface area contributed by atoms with Gasteiger partial charge in [-0.3, -0.25) is 14.5 Å². The summed E-state index contributed by atoms with van der Waals surface area (Å²) < 4.78 is 11.8. The predicted octanol–water partition coefficient (Wildman–Crippen LogP) is 7.19. The van der Waals surface area contributed by atoms with Gasteiger partial charge in [-0.2, -0.15) is 0 Å². The fourth-order valence-electron chi connectivity index (χ4n) is 4.47. The third-order valence-corrected chi connectivity index (χ3v) is 9.36. The van der Waals surface area contributed by atoms with Crippen molar-refractivity contribution in [2.45, 2.75) is 16.1 Å². The Labute approximate surface area is 257 Å². The minimum Gasteiger partial charge on any atom is -0.507 e. The Bertz CT molecular complexity index is 1710. The van der Waals surface area contributed by atoms with E-state index in [2.05, 4.69) is 10.2 Å². The molecule has 3 heterocycles. The van der Waals surface area contributed by atoms with Crippen LogP contribution in [0.5, 0.6) is 11.5 Å². The Morgan fingerprint density at radius 3 is 2.44 bits per heavy atom. The molecule has 1 aromatic heterocycles. The van der Waals surface area contributed by atoms with Crippen LogP contribution in [0.15, 0.2) is 70.6 Å². The van der Waals surface area contributed by atoms with Gasteiger partial charge in [-0.25, -0.2) is 0 Å². The van der Waals surface area contributed by atoms with E-state index in [1.165, 1.54) is 16.7 Å². The monoisotopic (exact) mass is 645 g/mol. The molecule has 4 aromatic rings. The summed E-state index contributed by atoms with van der Waals surface area (Å²) in [5.74, 6) is -0.578. The van der Waals surface area contributed by atoms with Crippen molar-refractivity contribution in [1.82, 2.24) is 10.2 Å². The number of Topliss-reactive ketones (excluding diaryl/α,β-unsaturated/α-hetero) is 1. The summed E-state index contributed by atoms with van der Waals surface area (Å²) in [5, 5.41) is 21.6. The van der Waals surface area contributed by atoms with Gasteiger partial charge in [-0.15, -0.1) is 10.2 Å². The lowest BCUT2D eigenvalue weighted by Crippen LogP contribution is -2.29. The first-order valence-corrected chi connectivity index (χ1v) is 15.1. The van der Waals surface area contributed by atoms with Gasteiger partial charge in [0.05, 0.1) is 11.6 Å². The van der Waals surface area contributed by atoms with E-state index in [0.29, 0.717) is 61.0 Å². The molecule has 0 spiro atoms. The highest BCUT2D eigenvalue weighted by Crippen LogP contribution is 2.45. The van der Waals surface area contributed by atoms with Crippen LogP contribution in [0.4, 0.5) is 5.13 Å². The lowest BCUT2D eigenvalue weighted by Gasteiger charge is -2.23. The van der Waals surface area contributed by atoms with Gasteiger partial charge in [-0.1, -0.05) is 76.1 Å². The summed E-state index contributed by atoms with van der Waals surface area (Å²) in [4.78, 5) is 28.2. The van der Waals surface area contributed by atoms with Crippen LogP contribution in [0, 0.1) is 0 Å². The molecular formula is C28H18Cl3N3O5S2. The molecule has 13 heteroatoms. The number of carbonyl (C=O) groups is 2. The van der Waals surface area contributed by atoms with Crippen LogP contribution in [0.1, 0.15) is 22.7 Å². The second kappa shape index (κ2) is 11.5. The third-order valence-electron chi connectivity index (χ3n) is 6.41. The Kier molecular flexibility index (Phi) is 7.84. The molecule has 0 radical (unpaired) electrons. The maximum atomic E-state index is 13.5. The summed E-state index contributed by atoms with van der Waals surface area (Å²) in [6.45, 7) is 0.767. The molecule has 2 aliphatic rings. The van der Waals surface area contributed by atoms with Gasteiger partial charge in [0.2, 0.25) is 5.13 Å². The van der Waals surface area contributed by atoms with Crippen molar-refractivity contribution in [2.24, 2.45) is 0 Å². The number of halogens is 3. The topological polar surface area (TPSA) is 102 Å². The van der Waals surface area contributed by atoms with Crippen molar-refractivity contribution < 1.29 is 24.2 Å². The number of ether oxygens (including phenoxy) is 2. The molecule has 8 nitrogen and oxygen atoms in total. The second-order valence-electron chi connectivity index (χ2n) is 8.95. The lowest BCUT2D eigenvalue weighted by atomic mass is 9.95. The van der Waals surface area contributed by atoms with E-state index in [1.54, 1.807) is 54.6 Å². The third kappa shape index (κ3) is 5.50. The van der Waals surface area contributed by atoms with Crippen molar-refractivity contribution in [3.63, 3.8) is 0 Å². The van der Waals surface area contributed by atoms with Crippen LogP contribution in [0.25, 0.3) is 5.76 Å². The van der Waals surface area contributed by atoms with Crippen LogP contribution >= 0.6 is 57.9 Å². The number of aliphatic hydroxyl groups excluding tert-OH is 1. The molecule has 3 aromatic carbocycles. The number of nitrogens with zero attached hydrogens (tertiary/aromatic N) is 3. The predicted molar refractivity (Wildman–Crippen MR) is 160 cm³/mol. The van der Waals surface area contributed by atoms with E-state index in [4.69, 9.17) is 44.3 Å². The molecule has 1 saturated heterocycles. The van der Waals surface area contributed by atoms with Gasteiger partial charge < -0.3 is 14.6 Å². The summed E-state index contributed by atoms with van der Waals surface area (Å²) in [6, 6.07) is 15.8. The first-order chi connectivity index (χ1) is 19.8. The van der Waals surface area contributed by atoms with Crippen molar-refractivity contribution in [1.29, 1.82) is 0 Å². The number of carbonyl (C=O) groups excluding carboxylic acids is 2. The number of anilines is 1. The zero-order chi connectivity index (χ0) is 28.7. The number of fused-ring (bicyclic) bond motifs is 1. The largest absolute Gasteiger partial charge is 0.507 e. The highest BCUT2D eigenvalue weighted by atomic mass is 35.5. The zero-order valence-corrected chi connectivity index (χ0v) is 24.7. The summed E-state index contributed by atoms with van der Waals surface area (Å²) in [5.41, 5.74) is 1.63. The molecule has 0 bridgehead atoms. The Morgan fingerprint density at radius 2 is 1.68 bits per heavy atom. The first-order valence-electron chi connectivity index (χ1n) is 12.2. The molecule has 2 aliphatic heterocycles. The minimum atomic E-state index is -0.975. The molecule has 1 amide bonds. The number of aliphatic hydroxyl groups is 1. The van der Waals surface area contributed by atoms with Crippen LogP contribution in [-0.4, -0.2) is 40.2 Å². The minimum absolute atomic E-state index is 0.0913. The van der Waals surface area contributed by atoms with Crippen LogP contribution in [0.3, 0.4) is 0 Å². The summed E-state index contributed by atoms with van der Waals surface area (Å²) in [7, 11) is 0. The zero-order valence-electron chi connectivity index (χ0n) is 20.8. The summed E-state index contributed by atoms with van der Waals surface area (Å²) in [6.07, 6.45) is 0. The number of hydrogen-bond acceptors (Lipinski definition) is 9. The SMILES string of the molecule is O=C1C(=O)N(c2nnc(SCc3ccc(Cl)cc3Cl)s2)C(c2ccc(Cl)cc2)/C1=C(\O)c1ccc2c(c1)OCCO2. The van der Waals surface area contributed by atoms with E-state index in [0.717, 1.165) is 16.9 Å². The molecule has 6 rings (SSSR count). The number of rotatable bonds is 6. The van der Waals surface area contributed by atoms with Gasteiger partial charge in [0.25, 0.3) is 5.78 Å². The molecule has 0 aliphatic carbocycles. The molecule has 41 heavy (non-hydrogen) atoms. The van der Waals surface area contributed by atoms with E-state index >= 15 is 0 Å². The Hall–Kier alpha value is -3.28. The number of amides is 1. The van der Waals surface area contributed by atoms with Crippen LogP contribution < -0.4 is 14.4 Å². The Morgan fingerprint density at radius 1 is 0.951 bits per heavy atom. The maximum Gasteiger partial charge on any atom is 0.301 e. The molecule has 208 valence electrons. The molecule has 1 atom stereocenters. The second-order valence-corrected chi connectivity index (χ2v) is 12.4. The smallest absolute Gasteiger partial charge is 0.301 e. The molecular weight excluding hydrogens is 629 g/mol. The first kappa shape index (κ1) is 27.9. The molecule has 1 fully saturated rings. The Balaban J connectivity index is 1.37. The fourth-order valence-corrected chi connectivity index (χ4v) is 7.02. The molecule has 1 unspecified atom stereocenters. The van der Waals surface area contributed by atoms with Crippen LogP contribution in [-0.2, 0) is 15.3 Å². The average molecular weight is 647 g/mol. The van der Waals surface area contributed by atoms with E-state index in [-0.39, 0.29) is 16.5 Å². The fraction of sp³-hybridized carbons (Fsp3) is 0.143. The number of hydrogen-bond donors (Lipinski definition) is 1. The number of thioether (sulfide) groups is 1. The van der Waals surface area contributed by atoms with Gasteiger partial charge in [-0.05, 0) is 53.6 Å². The van der Waals surface area contributed by atoms with Crippen molar-refractivity contribution in [3.8, 4) is 11.5 Å². The molecule has 0 saturated carbocycles. The van der Waals surface area contributed by atoms with E-state index in [9.17, 15) is 14.7 Å². The average Bonchev–Trinajstić information content (AvgIpc) is 3.54. The standard InChI is InChI=1S/C28H18Cl3N3O5S2/c29-17-5-1-14(2-6-17)23-22(24(35)15-4-8-20-21(11-15)39-10-9-38-20)25(36)26(37)34(23)27-32-33-28(41-27)40-13-16-3-7-18(30)12-19(16)31/h1-8,11-12,23,35H,9-10,13H2/b24-22+. The van der Waals surface area contributed by atoms with Crippen LogP contribution in [0.2, 0.25) is 15.1 Å². The van der Waals surface area contributed by atoms with Gasteiger partial charge >= 0.3 is 5.91 Å². The number of aromatic nitrogens is 2. The molecule has 1 N–H and O–H groups in total. The van der Waals surface area contributed by atoms with Gasteiger partial charge in [0.1, 0.15) is 19.0 Å². The van der Waals surface area contributed by atoms with Gasteiger partial charge in [0, 0.05) is 26.4 Å². The van der Waals surface area contributed by atoms with E-state index < -0.39 is 17.7 Å². The van der Waals surface area contributed by atoms with Gasteiger partial charge in [0.15, 0.2) is 15.8 Å². The van der Waals surface area contributed by atoms with Crippen molar-refractivity contribution >= 4 is 80.5 Å². The normalized spacial score (nSPS) is 17.7. The van der Waals surface area contributed by atoms with Crippen molar-refractivity contribution in [2.75, 3.05) is 18.1 Å².